The van der Waals surface area contributed by atoms with Gasteiger partial charge in [0.2, 0.25) is 0 Å². The van der Waals surface area contributed by atoms with Crippen LogP contribution in [0.5, 0.6) is 0 Å². The van der Waals surface area contributed by atoms with E-state index in [1.54, 1.807) is 5.56 Å². The molecule has 2 aliphatic carbocycles. The molecule has 4 heteroatoms. The van der Waals surface area contributed by atoms with Crippen molar-refractivity contribution in [1.82, 2.24) is 14.5 Å². The van der Waals surface area contributed by atoms with E-state index in [0.717, 1.165) is 11.2 Å². The van der Waals surface area contributed by atoms with E-state index in [4.69, 9.17) is 5.10 Å². The minimum Gasteiger partial charge on any atom is -0.282 e. The van der Waals surface area contributed by atoms with Gasteiger partial charge in [-0.15, -0.1) is 0 Å². The Morgan fingerprint density at radius 3 is 1.94 bits per heavy atom. The molecule has 2 saturated carbocycles. The minimum atomic E-state index is 0.0393. The summed E-state index contributed by atoms with van der Waals surface area (Å²) in [5, 5.41) is 9.29. The van der Waals surface area contributed by atoms with Crippen molar-refractivity contribution in [3.05, 3.63) is 17.0 Å². The summed E-state index contributed by atoms with van der Waals surface area (Å²) in [6, 6.07) is 0. The molecular formula is C28H47N3S. The van der Waals surface area contributed by atoms with Gasteiger partial charge in [0.25, 0.3) is 0 Å². The van der Waals surface area contributed by atoms with Crippen LogP contribution in [0, 0.1) is 24.2 Å². The van der Waals surface area contributed by atoms with E-state index in [2.05, 4.69) is 56.0 Å². The molecule has 3 nitrogen and oxygen atoms in total. The molecule has 3 heterocycles. The zero-order valence-corrected chi connectivity index (χ0v) is 22.3. The molecule has 32 heavy (non-hydrogen) atoms. The van der Waals surface area contributed by atoms with Gasteiger partial charge < -0.3 is 0 Å². The molecule has 1 aromatic heterocycles. The Morgan fingerprint density at radius 1 is 0.781 bits per heavy atom. The Morgan fingerprint density at radius 2 is 1.31 bits per heavy atom. The first kappa shape index (κ1) is 23.3. The molecule has 0 aromatic carbocycles. The second-order valence-corrected chi connectivity index (χ2v) is 13.7. The van der Waals surface area contributed by atoms with Gasteiger partial charge in [-0.25, -0.2) is 4.31 Å². The number of nitrogens with zero attached hydrogens (tertiary/aromatic N) is 2. The zero-order valence-electron chi connectivity index (χ0n) is 21.4. The van der Waals surface area contributed by atoms with Crippen LogP contribution in [0.15, 0.2) is 0 Å². The average molecular weight is 458 g/mol. The molecule has 1 N–H and O–H groups in total. The Hall–Kier alpha value is -0.480. The van der Waals surface area contributed by atoms with Gasteiger partial charge in [0, 0.05) is 16.5 Å². The van der Waals surface area contributed by atoms with Crippen molar-refractivity contribution in [3.63, 3.8) is 0 Å². The average Bonchev–Trinajstić information content (AvgIpc) is 3.24. The van der Waals surface area contributed by atoms with Gasteiger partial charge in [0.05, 0.1) is 16.8 Å². The number of hydrogen-bond donors (Lipinski definition) is 1. The lowest BCUT2D eigenvalue weighted by Gasteiger charge is -2.64. The summed E-state index contributed by atoms with van der Waals surface area (Å²) < 4.78 is 2.96. The van der Waals surface area contributed by atoms with Crippen LogP contribution in [-0.2, 0) is 11.1 Å². The highest BCUT2D eigenvalue weighted by Gasteiger charge is 2.72. The fourth-order valence-electron chi connectivity index (χ4n) is 8.41. The topological polar surface area (TPSA) is 31.9 Å². The summed E-state index contributed by atoms with van der Waals surface area (Å²) in [7, 11) is 0. The van der Waals surface area contributed by atoms with Crippen LogP contribution >= 0.6 is 11.9 Å². The first-order valence-electron chi connectivity index (χ1n) is 13.9. The molecular weight excluding hydrogens is 410 g/mol. The number of hydrogen-bond acceptors (Lipinski definition) is 3. The number of nitrogens with one attached hydrogen (secondary N) is 1. The Bertz CT molecular complexity index is 806. The summed E-state index contributed by atoms with van der Waals surface area (Å²) in [5.74, 6) is 1.49. The number of aromatic nitrogens is 2. The summed E-state index contributed by atoms with van der Waals surface area (Å²) in [6.07, 6.45) is 19.8. The van der Waals surface area contributed by atoms with E-state index < -0.39 is 0 Å². The van der Waals surface area contributed by atoms with Crippen LogP contribution in [0.4, 0.5) is 0 Å². The van der Waals surface area contributed by atoms with E-state index in [1.807, 2.05) is 0 Å². The van der Waals surface area contributed by atoms with Gasteiger partial charge in [-0.3, -0.25) is 5.10 Å². The molecule has 0 radical (unpaired) electrons. The van der Waals surface area contributed by atoms with Gasteiger partial charge >= 0.3 is 0 Å². The molecule has 180 valence electrons. The van der Waals surface area contributed by atoms with Gasteiger partial charge in [0.1, 0.15) is 0 Å². The van der Waals surface area contributed by atoms with Crippen molar-refractivity contribution in [3.8, 4) is 0 Å². The Labute approximate surface area is 201 Å². The summed E-state index contributed by atoms with van der Waals surface area (Å²) in [4.78, 5) is 0. The van der Waals surface area contributed by atoms with Crippen molar-refractivity contribution in [2.75, 3.05) is 0 Å². The monoisotopic (exact) mass is 457 g/mol. The van der Waals surface area contributed by atoms with E-state index >= 15 is 0 Å². The third-order valence-corrected chi connectivity index (χ3v) is 12.2. The van der Waals surface area contributed by atoms with Crippen LogP contribution < -0.4 is 0 Å². The molecule has 4 aliphatic rings. The SMILES string of the molecule is Cc1[nH]nc2c1C1(C)N(SC3CCCCCCCC3)C2(C)C2CCCCCCC2C1(C)C. The van der Waals surface area contributed by atoms with E-state index in [9.17, 15) is 0 Å². The van der Waals surface area contributed by atoms with E-state index in [0.29, 0.717) is 5.92 Å². The highest BCUT2D eigenvalue weighted by molar-refractivity contribution is 7.97. The lowest BCUT2D eigenvalue weighted by Crippen LogP contribution is -2.65. The maximum atomic E-state index is 5.08. The second kappa shape index (κ2) is 8.63. The number of fused-ring (bicyclic) bond motifs is 7. The maximum Gasteiger partial charge on any atom is 0.0888 e. The van der Waals surface area contributed by atoms with E-state index in [1.165, 1.54) is 101 Å². The largest absolute Gasteiger partial charge is 0.282 e. The van der Waals surface area contributed by atoms with Crippen LogP contribution in [0.2, 0.25) is 0 Å². The van der Waals surface area contributed by atoms with Crippen molar-refractivity contribution in [2.45, 2.75) is 141 Å². The van der Waals surface area contributed by atoms with Crippen molar-refractivity contribution >= 4 is 11.9 Å². The highest BCUT2D eigenvalue weighted by atomic mass is 32.2. The summed E-state index contributed by atoms with van der Waals surface area (Å²) in [5.41, 5.74) is 4.59. The summed E-state index contributed by atoms with van der Waals surface area (Å²) >= 11 is 2.27. The van der Waals surface area contributed by atoms with Gasteiger partial charge in [-0.05, 0) is 63.7 Å². The number of aromatic amines is 1. The number of piperidine rings is 1. The third-order valence-electron chi connectivity index (χ3n) is 10.5. The Kier molecular flexibility index (Phi) is 6.27. The fraction of sp³-hybridized carbons (Fsp3) is 0.893. The minimum absolute atomic E-state index is 0.0393. The van der Waals surface area contributed by atoms with Gasteiger partial charge in [-0.1, -0.05) is 90.0 Å². The molecule has 4 unspecified atom stereocenters. The number of H-pyrrole nitrogens is 1. The first-order valence-corrected chi connectivity index (χ1v) is 14.7. The number of aryl methyl sites for hydroxylation is 1. The highest BCUT2D eigenvalue weighted by Crippen LogP contribution is 2.72. The fourth-order valence-corrected chi connectivity index (χ4v) is 10.2. The molecule has 4 atom stereocenters. The molecule has 2 bridgehead atoms. The molecule has 0 spiro atoms. The van der Waals surface area contributed by atoms with Gasteiger partial charge in [-0.2, -0.15) is 5.10 Å². The second-order valence-electron chi connectivity index (χ2n) is 12.4. The predicted molar refractivity (Wildman–Crippen MR) is 137 cm³/mol. The van der Waals surface area contributed by atoms with Crippen molar-refractivity contribution in [2.24, 2.45) is 17.3 Å². The van der Waals surface area contributed by atoms with Crippen molar-refractivity contribution < 1.29 is 0 Å². The van der Waals surface area contributed by atoms with Gasteiger partial charge in [0.15, 0.2) is 0 Å². The zero-order chi connectivity index (χ0) is 22.6. The van der Waals surface area contributed by atoms with Crippen molar-refractivity contribution in [1.29, 1.82) is 0 Å². The van der Waals surface area contributed by atoms with E-state index in [-0.39, 0.29) is 16.5 Å². The molecule has 5 rings (SSSR count). The molecule has 1 saturated heterocycles. The maximum absolute atomic E-state index is 5.08. The van der Waals surface area contributed by atoms with Crippen LogP contribution in [0.25, 0.3) is 0 Å². The molecule has 1 aromatic rings. The van der Waals surface area contributed by atoms with Crippen LogP contribution in [0.3, 0.4) is 0 Å². The van der Waals surface area contributed by atoms with Crippen LogP contribution in [0.1, 0.15) is 135 Å². The normalized spacial score (nSPS) is 38.7. The first-order chi connectivity index (χ1) is 15.3. The molecule has 3 fully saturated rings. The Balaban J connectivity index is 1.59. The number of rotatable bonds is 2. The van der Waals surface area contributed by atoms with Crippen LogP contribution in [-0.4, -0.2) is 19.8 Å². The predicted octanol–water partition coefficient (Wildman–Crippen LogP) is 8.24. The standard InChI is InChI=1S/C28H47N3S/c1-20-24-25(30-29-20)27(4)23-19-15-11-10-14-18-22(23)26(2,3)28(24,5)31(27)32-21-16-12-8-6-7-9-13-17-21/h21-23H,6-19H2,1-5H3,(H,29,30). The smallest absolute Gasteiger partial charge is 0.0888 e. The molecule has 2 aliphatic heterocycles. The summed E-state index contributed by atoms with van der Waals surface area (Å²) in [6.45, 7) is 12.7. The lowest BCUT2D eigenvalue weighted by atomic mass is 9.53. The lowest BCUT2D eigenvalue weighted by molar-refractivity contribution is -0.136. The quantitative estimate of drug-likeness (QED) is 0.454. The molecule has 0 amide bonds. The third kappa shape index (κ3) is 3.28.